The highest BCUT2D eigenvalue weighted by Crippen LogP contribution is 2.13. The molecule has 0 unspecified atom stereocenters. The lowest BCUT2D eigenvalue weighted by Gasteiger charge is -2.21. The highest BCUT2D eigenvalue weighted by molar-refractivity contribution is 5.78. The van der Waals surface area contributed by atoms with E-state index in [9.17, 15) is 4.79 Å². The summed E-state index contributed by atoms with van der Waals surface area (Å²) in [5, 5.41) is 6.95. The number of aryl methyl sites for hydroxylation is 1. The first kappa shape index (κ1) is 20.6. The zero-order valence-electron chi connectivity index (χ0n) is 16.4. The molecule has 2 heterocycles. The molecule has 1 saturated heterocycles. The molecule has 0 saturated carbocycles. The topological polar surface area (TPSA) is 73.6 Å². The molecule has 0 aliphatic carbocycles. The van der Waals surface area contributed by atoms with Gasteiger partial charge in [0.25, 0.3) is 0 Å². The summed E-state index contributed by atoms with van der Waals surface area (Å²) in [5.74, 6) is 1.16. The molecule has 1 amide bonds. The van der Waals surface area contributed by atoms with Crippen LogP contribution in [0.15, 0.2) is 40.9 Å². The quantitative estimate of drug-likeness (QED) is 0.600. The van der Waals surface area contributed by atoms with Gasteiger partial charge in [0, 0.05) is 32.4 Å². The van der Waals surface area contributed by atoms with Crippen LogP contribution in [0.5, 0.6) is 0 Å². The fourth-order valence-corrected chi connectivity index (χ4v) is 3.29. The van der Waals surface area contributed by atoms with Crippen molar-refractivity contribution in [3.63, 3.8) is 0 Å². The smallest absolute Gasteiger partial charge is 0.226 e. The van der Waals surface area contributed by atoms with Crippen molar-refractivity contribution in [2.24, 2.45) is 5.92 Å². The van der Waals surface area contributed by atoms with E-state index in [0.717, 1.165) is 45.3 Å². The Labute approximate surface area is 166 Å². The van der Waals surface area contributed by atoms with E-state index in [2.05, 4.69) is 34.7 Å². The third kappa shape index (κ3) is 7.44. The van der Waals surface area contributed by atoms with Gasteiger partial charge in [-0.2, -0.15) is 0 Å². The van der Waals surface area contributed by atoms with E-state index in [-0.39, 0.29) is 12.3 Å². The highest BCUT2D eigenvalue weighted by atomic mass is 16.5. The summed E-state index contributed by atoms with van der Waals surface area (Å²) < 4.78 is 16.3. The van der Waals surface area contributed by atoms with Gasteiger partial charge in [-0.05, 0) is 43.6 Å². The Morgan fingerprint density at radius 3 is 2.82 bits per heavy atom. The molecule has 6 nitrogen and oxygen atoms in total. The van der Waals surface area contributed by atoms with Crippen molar-refractivity contribution in [3.8, 4) is 0 Å². The van der Waals surface area contributed by atoms with Crippen molar-refractivity contribution in [2.45, 2.75) is 45.1 Å². The summed E-state index contributed by atoms with van der Waals surface area (Å²) in [6, 6.07) is 12.3. The number of hydrogen-bond acceptors (Lipinski definition) is 5. The number of aromatic nitrogens is 1. The summed E-state index contributed by atoms with van der Waals surface area (Å²) >= 11 is 0. The summed E-state index contributed by atoms with van der Waals surface area (Å²) in [7, 11) is 0. The third-order valence-corrected chi connectivity index (χ3v) is 4.97. The normalized spacial score (nSPS) is 14.9. The molecule has 6 heteroatoms. The lowest BCUT2D eigenvalue weighted by molar-refractivity contribution is -0.120. The van der Waals surface area contributed by atoms with Crippen LogP contribution in [0, 0.1) is 5.92 Å². The van der Waals surface area contributed by atoms with Crippen molar-refractivity contribution in [3.05, 3.63) is 53.4 Å². The average Bonchev–Trinajstić information content (AvgIpc) is 3.17. The molecular formula is C22H30N2O4. The van der Waals surface area contributed by atoms with Gasteiger partial charge in [0.1, 0.15) is 6.61 Å². The van der Waals surface area contributed by atoms with Crippen LogP contribution in [-0.2, 0) is 33.7 Å². The zero-order chi connectivity index (χ0) is 19.4. The number of ether oxygens (including phenoxy) is 2. The fourth-order valence-electron chi connectivity index (χ4n) is 3.29. The van der Waals surface area contributed by atoms with Gasteiger partial charge in [-0.3, -0.25) is 4.79 Å². The second-order valence-corrected chi connectivity index (χ2v) is 7.32. The molecule has 1 aliphatic heterocycles. The van der Waals surface area contributed by atoms with Crippen LogP contribution in [0.3, 0.4) is 0 Å². The molecule has 1 aromatic heterocycles. The lowest BCUT2D eigenvalue weighted by Crippen LogP contribution is -2.33. The van der Waals surface area contributed by atoms with Crippen LogP contribution in [0.1, 0.15) is 42.7 Å². The summed E-state index contributed by atoms with van der Waals surface area (Å²) in [5.41, 5.74) is 2.00. The lowest BCUT2D eigenvalue weighted by atomic mass is 10.0. The zero-order valence-corrected chi connectivity index (χ0v) is 16.4. The van der Waals surface area contributed by atoms with Gasteiger partial charge in [0.05, 0.1) is 12.1 Å². The van der Waals surface area contributed by atoms with E-state index in [1.165, 1.54) is 5.56 Å². The Bertz CT molecular complexity index is 696. The Morgan fingerprint density at radius 1 is 1.18 bits per heavy atom. The number of nitrogens with zero attached hydrogens (tertiary/aromatic N) is 1. The molecule has 1 aromatic carbocycles. The van der Waals surface area contributed by atoms with Crippen molar-refractivity contribution >= 4 is 5.91 Å². The second-order valence-electron chi connectivity index (χ2n) is 7.32. The molecule has 2 aromatic rings. The van der Waals surface area contributed by atoms with E-state index in [4.69, 9.17) is 14.0 Å². The van der Waals surface area contributed by atoms with Crippen molar-refractivity contribution in [1.29, 1.82) is 0 Å². The van der Waals surface area contributed by atoms with Gasteiger partial charge in [0.15, 0.2) is 5.76 Å². The average molecular weight is 386 g/mol. The minimum Gasteiger partial charge on any atom is -0.381 e. The van der Waals surface area contributed by atoms with Gasteiger partial charge >= 0.3 is 0 Å². The van der Waals surface area contributed by atoms with Crippen LogP contribution in [0.4, 0.5) is 0 Å². The molecule has 28 heavy (non-hydrogen) atoms. The first-order valence-corrected chi connectivity index (χ1v) is 10.2. The Balaban J connectivity index is 1.25. The predicted octanol–water partition coefficient (Wildman–Crippen LogP) is 3.30. The van der Waals surface area contributed by atoms with Crippen LogP contribution in [0.2, 0.25) is 0 Å². The number of carbonyl (C=O) groups is 1. The molecule has 1 fully saturated rings. The standard InChI is InChI=1S/C22H30N2O4/c25-22(23-16-19-9-12-26-13-10-19)15-20-14-21(28-24-20)17-27-11-5-4-8-18-6-2-1-3-7-18/h1-3,6-7,14,19H,4-5,8-13,15-17H2,(H,23,25). The molecule has 1 N–H and O–H groups in total. The van der Waals surface area contributed by atoms with Gasteiger partial charge in [-0.1, -0.05) is 35.5 Å². The van der Waals surface area contributed by atoms with E-state index in [1.54, 1.807) is 6.07 Å². The third-order valence-electron chi connectivity index (χ3n) is 4.97. The molecule has 0 spiro atoms. The highest BCUT2D eigenvalue weighted by Gasteiger charge is 2.15. The van der Waals surface area contributed by atoms with Gasteiger partial charge in [0.2, 0.25) is 5.91 Å². The molecule has 0 radical (unpaired) electrons. The van der Waals surface area contributed by atoms with Crippen LogP contribution in [0.25, 0.3) is 0 Å². The maximum atomic E-state index is 12.1. The minimum atomic E-state index is -0.0202. The van der Waals surface area contributed by atoms with E-state index in [0.29, 0.717) is 37.1 Å². The predicted molar refractivity (Wildman–Crippen MR) is 106 cm³/mol. The maximum absolute atomic E-state index is 12.1. The van der Waals surface area contributed by atoms with Crippen molar-refractivity contribution in [1.82, 2.24) is 10.5 Å². The maximum Gasteiger partial charge on any atom is 0.226 e. The Kier molecular flexibility index (Phi) is 8.53. The van der Waals surface area contributed by atoms with Crippen LogP contribution in [-0.4, -0.2) is 37.4 Å². The van der Waals surface area contributed by atoms with Gasteiger partial charge in [-0.25, -0.2) is 0 Å². The van der Waals surface area contributed by atoms with E-state index in [1.807, 2.05) is 6.07 Å². The first-order chi connectivity index (χ1) is 13.8. The monoisotopic (exact) mass is 386 g/mol. The van der Waals surface area contributed by atoms with Crippen molar-refractivity contribution < 1.29 is 18.8 Å². The van der Waals surface area contributed by atoms with Gasteiger partial charge in [-0.15, -0.1) is 0 Å². The molecule has 0 bridgehead atoms. The molecule has 1 aliphatic rings. The Morgan fingerprint density at radius 2 is 2.00 bits per heavy atom. The number of rotatable bonds is 11. The number of benzene rings is 1. The van der Waals surface area contributed by atoms with Crippen LogP contribution >= 0.6 is 0 Å². The van der Waals surface area contributed by atoms with Gasteiger partial charge < -0.3 is 19.3 Å². The largest absolute Gasteiger partial charge is 0.381 e. The molecule has 3 rings (SSSR count). The summed E-state index contributed by atoms with van der Waals surface area (Å²) in [4.78, 5) is 12.1. The fraction of sp³-hybridized carbons (Fsp3) is 0.545. The number of hydrogen-bond donors (Lipinski definition) is 1. The molecule has 152 valence electrons. The molecule has 0 atom stereocenters. The van der Waals surface area contributed by atoms with E-state index < -0.39 is 0 Å². The number of unbranched alkanes of at least 4 members (excludes halogenated alkanes) is 1. The summed E-state index contributed by atoms with van der Waals surface area (Å²) in [6.07, 6.45) is 5.43. The minimum absolute atomic E-state index is 0.0202. The Hall–Kier alpha value is -2.18. The SMILES string of the molecule is O=C(Cc1cc(COCCCCc2ccccc2)on1)NCC1CCOCC1. The number of carbonyl (C=O) groups excluding carboxylic acids is 1. The summed E-state index contributed by atoms with van der Waals surface area (Å²) in [6.45, 7) is 3.37. The number of nitrogens with one attached hydrogen (secondary N) is 1. The second kappa shape index (κ2) is 11.6. The van der Waals surface area contributed by atoms with Crippen LogP contribution < -0.4 is 5.32 Å². The van der Waals surface area contributed by atoms with Crippen molar-refractivity contribution in [2.75, 3.05) is 26.4 Å². The number of amides is 1. The molecular weight excluding hydrogens is 356 g/mol. The first-order valence-electron chi connectivity index (χ1n) is 10.2. The van der Waals surface area contributed by atoms with E-state index >= 15 is 0 Å².